The molecule has 150 valence electrons. The first-order valence-electron chi connectivity index (χ1n) is 9.45. The number of nitrogens with zero attached hydrogens (tertiary/aromatic N) is 1. The van der Waals surface area contributed by atoms with E-state index < -0.39 is 6.04 Å². The maximum absolute atomic E-state index is 13.1. The summed E-state index contributed by atoms with van der Waals surface area (Å²) in [7, 11) is 1.75. The van der Waals surface area contributed by atoms with Gasteiger partial charge in [-0.15, -0.1) is 0 Å². The summed E-state index contributed by atoms with van der Waals surface area (Å²) in [5.74, 6) is -0.194. The summed E-state index contributed by atoms with van der Waals surface area (Å²) in [6.45, 7) is 4.25. The Morgan fingerprint density at radius 3 is 2.68 bits per heavy atom. The quantitative estimate of drug-likeness (QED) is 0.509. The van der Waals surface area contributed by atoms with Crippen LogP contribution in [-0.2, 0) is 14.3 Å². The molecule has 1 saturated heterocycles. The standard InChI is InChI=1S/C21H26N2O5/c1-13-5-4-6-18(16(13)10-24)27-11-15(9-22-3)23(12-25)21(26)20-14(2)17-7-8-19(20)28-17/h4-8,10,12,14-15,17,19-20,22H,9,11H2,1-3H3. The summed E-state index contributed by atoms with van der Waals surface area (Å²) in [6.07, 6.45) is 4.81. The van der Waals surface area contributed by atoms with E-state index in [9.17, 15) is 14.4 Å². The van der Waals surface area contributed by atoms with E-state index in [1.54, 1.807) is 19.2 Å². The number of benzene rings is 1. The third kappa shape index (κ3) is 3.72. The van der Waals surface area contributed by atoms with Gasteiger partial charge in [-0.3, -0.25) is 19.3 Å². The minimum absolute atomic E-state index is 0.0135. The molecule has 2 bridgehead atoms. The Bertz CT molecular complexity index is 778. The second-order valence-electron chi connectivity index (χ2n) is 7.31. The molecule has 5 atom stereocenters. The molecule has 28 heavy (non-hydrogen) atoms. The van der Waals surface area contributed by atoms with Crippen molar-refractivity contribution in [3.8, 4) is 5.75 Å². The highest BCUT2D eigenvalue weighted by molar-refractivity contribution is 5.89. The fourth-order valence-corrected chi connectivity index (χ4v) is 3.94. The normalized spacial score (nSPS) is 26.1. The largest absolute Gasteiger partial charge is 0.491 e. The smallest absolute Gasteiger partial charge is 0.235 e. The van der Waals surface area contributed by atoms with Crippen LogP contribution in [0.1, 0.15) is 22.8 Å². The number of hydrogen-bond donors (Lipinski definition) is 1. The number of ether oxygens (including phenoxy) is 2. The molecule has 3 rings (SSSR count). The molecule has 0 aliphatic carbocycles. The van der Waals surface area contributed by atoms with Gasteiger partial charge in [0.05, 0.1) is 29.7 Å². The summed E-state index contributed by atoms with van der Waals surface area (Å²) in [5, 5.41) is 3.00. The molecule has 2 amide bonds. The minimum atomic E-state index is -0.509. The SMILES string of the molecule is CNCC(COc1cccc(C)c1C=O)N(C=O)C(=O)C1C2C=CC(O2)C1C. The van der Waals surface area contributed by atoms with Crippen LogP contribution in [0.3, 0.4) is 0 Å². The van der Waals surface area contributed by atoms with Crippen LogP contribution in [-0.4, -0.2) is 62.0 Å². The number of aryl methyl sites for hydroxylation is 1. The Labute approximate surface area is 164 Å². The van der Waals surface area contributed by atoms with Gasteiger partial charge >= 0.3 is 0 Å². The molecule has 0 aromatic heterocycles. The van der Waals surface area contributed by atoms with E-state index in [-0.39, 0.29) is 36.6 Å². The number of carbonyl (C=O) groups is 3. The predicted octanol–water partition coefficient (Wildman–Crippen LogP) is 1.35. The number of rotatable bonds is 9. The molecule has 7 nitrogen and oxygen atoms in total. The van der Waals surface area contributed by atoms with E-state index in [1.807, 2.05) is 32.1 Å². The number of fused-ring (bicyclic) bond motifs is 2. The highest BCUT2D eigenvalue weighted by atomic mass is 16.5. The van der Waals surface area contributed by atoms with Gasteiger partial charge in [-0.2, -0.15) is 0 Å². The van der Waals surface area contributed by atoms with Gasteiger partial charge in [0.1, 0.15) is 12.4 Å². The molecule has 7 heteroatoms. The summed E-state index contributed by atoms with van der Waals surface area (Å²) in [4.78, 5) is 37.5. The first-order chi connectivity index (χ1) is 13.5. The number of hydrogen-bond acceptors (Lipinski definition) is 6. The average molecular weight is 386 g/mol. The summed E-state index contributed by atoms with van der Waals surface area (Å²) in [5.41, 5.74) is 1.27. The highest BCUT2D eigenvalue weighted by Gasteiger charge is 2.49. The van der Waals surface area contributed by atoms with Gasteiger partial charge in [-0.1, -0.05) is 31.2 Å². The van der Waals surface area contributed by atoms with Crippen molar-refractivity contribution in [2.45, 2.75) is 32.1 Å². The first-order valence-corrected chi connectivity index (χ1v) is 9.45. The van der Waals surface area contributed by atoms with Crippen molar-refractivity contribution < 1.29 is 23.9 Å². The molecule has 0 spiro atoms. The number of imide groups is 1. The van der Waals surface area contributed by atoms with Crippen molar-refractivity contribution in [1.29, 1.82) is 0 Å². The molecular weight excluding hydrogens is 360 g/mol. The Balaban J connectivity index is 1.75. The fraction of sp³-hybridized carbons (Fsp3) is 0.476. The van der Waals surface area contributed by atoms with E-state index in [1.165, 1.54) is 4.90 Å². The summed E-state index contributed by atoms with van der Waals surface area (Å²) in [6, 6.07) is 4.82. The molecule has 0 saturated carbocycles. The van der Waals surface area contributed by atoms with E-state index >= 15 is 0 Å². The van der Waals surface area contributed by atoms with Crippen LogP contribution in [0.25, 0.3) is 0 Å². The Morgan fingerprint density at radius 1 is 1.32 bits per heavy atom. The van der Waals surface area contributed by atoms with Gasteiger partial charge in [0, 0.05) is 12.5 Å². The molecule has 2 aliphatic heterocycles. The van der Waals surface area contributed by atoms with E-state index in [4.69, 9.17) is 9.47 Å². The van der Waals surface area contributed by atoms with E-state index in [0.29, 0.717) is 24.3 Å². The lowest BCUT2D eigenvalue weighted by Gasteiger charge is -2.31. The van der Waals surface area contributed by atoms with Crippen molar-refractivity contribution >= 4 is 18.6 Å². The zero-order chi connectivity index (χ0) is 20.3. The monoisotopic (exact) mass is 386 g/mol. The van der Waals surface area contributed by atoms with Crippen LogP contribution in [0, 0.1) is 18.8 Å². The van der Waals surface area contributed by atoms with Gasteiger partial charge in [-0.05, 0) is 25.6 Å². The summed E-state index contributed by atoms with van der Waals surface area (Å²) < 4.78 is 11.6. The zero-order valence-corrected chi connectivity index (χ0v) is 16.3. The Hall–Kier alpha value is -2.51. The van der Waals surface area contributed by atoms with Crippen LogP contribution in [0.4, 0.5) is 0 Å². The molecule has 1 fully saturated rings. The third-order valence-electron chi connectivity index (χ3n) is 5.56. The summed E-state index contributed by atoms with van der Waals surface area (Å²) >= 11 is 0. The van der Waals surface area contributed by atoms with Crippen molar-refractivity contribution in [3.63, 3.8) is 0 Å². The lowest BCUT2D eigenvalue weighted by molar-refractivity contribution is -0.146. The first kappa shape index (κ1) is 20.2. The van der Waals surface area contributed by atoms with Crippen molar-refractivity contribution in [2.24, 2.45) is 11.8 Å². The van der Waals surface area contributed by atoms with E-state index in [2.05, 4.69) is 5.32 Å². The number of aldehydes is 1. The molecule has 1 aromatic carbocycles. The van der Waals surface area contributed by atoms with Gasteiger partial charge in [0.2, 0.25) is 12.3 Å². The van der Waals surface area contributed by atoms with Crippen molar-refractivity contribution in [3.05, 3.63) is 41.5 Å². The number of carbonyl (C=O) groups excluding carboxylic acids is 3. The van der Waals surface area contributed by atoms with Gasteiger partial charge in [0.25, 0.3) is 0 Å². The molecule has 0 radical (unpaired) electrons. The van der Waals surface area contributed by atoms with Crippen molar-refractivity contribution in [2.75, 3.05) is 20.2 Å². The highest BCUT2D eigenvalue weighted by Crippen LogP contribution is 2.39. The van der Waals surface area contributed by atoms with Crippen molar-refractivity contribution in [1.82, 2.24) is 10.2 Å². The number of nitrogens with one attached hydrogen (secondary N) is 1. The molecular formula is C21H26N2O5. The lowest BCUT2D eigenvalue weighted by Crippen LogP contribution is -2.51. The van der Waals surface area contributed by atoms with Crippen LogP contribution in [0.5, 0.6) is 5.75 Å². The Kier molecular flexibility index (Phi) is 6.26. The second-order valence-corrected chi connectivity index (χ2v) is 7.31. The molecule has 2 heterocycles. The van der Waals surface area contributed by atoms with E-state index in [0.717, 1.165) is 11.8 Å². The topological polar surface area (TPSA) is 84.9 Å². The Morgan fingerprint density at radius 2 is 2.07 bits per heavy atom. The van der Waals surface area contributed by atoms with Gasteiger partial charge in [0.15, 0.2) is 6.29 Å². The predicted molar refractivity (Wildman–Crippen MR) is 103 cm³/mol. The van der Waals surface area contributed by atoms with Gasteiger partial charge < -0.3 is 14.8 Å². The molecule has 5 unspecified atom stereocenters. The maximum atomic E-state index is 13.1. The average Bonchev–Trinajstić information content (AvgIpc) is 3.27. The maximum Gasteiger partial charge on any atom is 0.235 e. The lowest BCUT2D eigenvalue weighted by atomic mass is 9.83. The van der Waals surface area contributed by atoms with Gasteiger partial charge in [-0.25, -0.2) is 0 Å². The number of likely N-dealkylation sites (N-methyl/N-ethyl adjacent to an activating group) is 1. The second kappa shape index (κ2) is 8.67. The fourth-order valence-electron chi connectivity index (χ4n) is 3.94. The van der Waals surface area contributed by atoms with Crippen LogP contribution in [0.15, 0.2) is 30.4 Å². The minimum Gasteiger partial charge on any atom is -0.491 e. The molecule has 1 aromatic rings. The van der Waals surface area contributed by atoms with Crippen LogP contribution < -0.4 is 10.1 Å². The van der Waals surface area contributed by atoms with Crippen LogP contribution >= 0.6 is 0 Å². The molecule has 2 aliphatic rings. The number of amides is 2. The third-order valence-corrected chi connectivity index (χ3v) is 5.56. The zero-order valence-electron chi connectivity index (χ0n) is 16.3. The van der Waals surface area contributed by atoms with Crippen LogP contribution in [0.2, 0.25) is 0 Å². The molecule has 1 N–H and O–H groups in total.